The van der Waals surface area contributed by atoms with E-state index in [0.29, 0.717) is 63.9 Å². The van der Waals surface area contributed by atoms with Crippen molar-refractivity contribution in [2.75, 3.05) is 19.8 Å². The van der Waals surface area contributed by atoms with Gasteiger partial charge in [-0.2, -0.15) is 0 Å². The Kier molecular flexibility index (Phi) is 7.56. The number of hydrogen-bond donors (Lipinski definition) is 0. The smallest absolute Gasteiger partial charge is 0.261 e. The minimum absolute atomic E-state index is 0.117. The average molecular weight is 504 g/mol. The molecule has 0 aliphatic rings. The molecular formula is C25H21Cl3N2O3. The number of aryl methyl sites for hydroxylation is 1. The van der Waals surface area contributed by atoms with Gasteiger partial charge >= 0.3 is 0 Å². The number of ether oxygens (including phenoxy) is 2. The molecular weight excluding hydrogens is 483 g/mol. The predicted molar refractivity (Wildman–Crippen MR) is 134 cm³/mol. The Morgan fingerprint density at radius 1 is 0.909 bits per heavy atom. The first-order valence-corrected chi connectivity index (χ1v) is 11.5. The van der Waals surface area contributed by atoms with E-state index in [1.54, 1.807) is 34.9 Å². The van der Waals surface area contributed by atoms with E-state index in [1.165, 1.54) is 0 Å². The highest BCUT2D eigenvalue weighted by Gasteiger charge is 2.13. The standard InChI is InChI=1S/C25H21Cl3N2O3/c1-16-14-19(27)15-21(28)23(16)33-13-12-32-11-10-30-24(17-6-8-18(26)9-7-17)29-22-5-3-2-4-20(22)25(30)31/h2-9,14-15H,10-13H2,1H3. The van der Waals surface area contributed by atoms with Crippen LogP contribution in [0, 0.1) is 6.92 Å². The third-order valence-electron chi connectivity index (χ3n) is 5.09. The molecule has 0 spiro atoms. The van der Waals surface area contributed by atoms with Crippen molar-refractivity contribution in [1.29, 1.82) is 0 Å². The van der Waals surface area contributed by atoms with Gasteiger partial charge in [-0.3, -0.25) is 9.36 Å². The van der Waals surface area contributed by atoms with Gasteiger partial charge in [-0.25, -0.2) is 4.98 Å². The number of benzene rings is 3. The Bertz CT molecular complexity index is 1310. The first-order chi connectivity index (χ1) is 15.9. The summed E-state index contributed by atoms with van der Waals surface area (Å²) in [5.74, 6) is 1.16. The highest BCUT2D eigenvalue weighted by Crippen LogP contribution is 2.31. The monoisotopic (exact) mass is 502 g/mol. The van der Waals surface area contributed by atoms with Crippen molar-refractivity contribution in [2.24, 2.45) is 0 Å². The summed E-state index contributed by atoms with van der Waals surface area (Å²) in [6.07, 6.45) is 0. The summed E-state index contributed by atoms with van der Waals surface area (Å²) in [5, 5.41) is 2.20. The zero-order chi connectivity index (χ0) is 23.4. The fourth-order valence-electron chi connectivity index (χ4n) is 3.53. The first kappa shape index (κ1) is 23.6. The molecule has 1 aromatic heterocycles. The van der Waals surface area contributed by atoms with Gasteiger partial charge in [0.05, 0.1) is 35.7 Å². The number of para-hydroxylation sites is 1. The van der Waals surface area contributed by atoms with Crippen molar-refractivity contribution in [2.45, 2.75) is 13.5 Å². The second kappa shape index (κ2) is 10.6. The SMILES string of the molecule is Cc1cc(Cl)cc(Cl)c1OCCOCCn1c(-c2ccc(Cl)cc2)nc2ccccc2c1=O. The van der Waals surface area contributed by atoms with Crippen LogP contribution in [0.25, 0.3) is 22.3 Å². The third-order valence-corrected chi connectivity index (χ3v) is 5.84. The van der Waals surface area contributed by atoms with Crippen LogP contribution in [0.3, 0.4) is 0 Å². The lowest BCUT2D eigenvalue weighted by Gasteiger charge is -2.15. The van der Waals surface area contributed by atoms with Crippen LogP contribution in [-0.2, 0) is 11.3 Å². The maximum Gasteiger partial charge on any atom is 0.261 e. The molecule has 0 N–H and O–H groups in total. The van der Waals surface area contributed by atoms with Crippen LogP contribution < -0.4 is 10.3 Å². The quantitative estimate of drug-likeness (QED) is 0.260. The number of halogens is 3. The molecule has 0 saturated carbocycles. The molecule has 0 saturated heterocycles. The molecule has 0 bridgehead atoms. The van der Waals surface area contributed by atoms with Crippen molar-refractivity contribution < 1.29 is 9.47 Å². The first-order valence-electron chi connectivity index (χ1n) is 10.4. The molecule has 5 nitrogen and oxygen atoms in total. The van der Waals surface area contributed by atoms with Gasteiger partial charge < -0.3 is 9.47 Å². The summed E-state index contributed by atoms with van der Waals surface area (Å²) in [6.45, 7) is 3.19. The lowest BCUT2D eigenvalue weighted by Crippen LogP contribution is -2.26. The fraction of sp³-hybridized carbons (Fsp3) is 0.200. The lowest BCUT2D eigenvalue weighted by atomic mass is 10.2. The number of rotatable bonds is 8. The number of nitrogens with zero attached hydrogens (tertiary/aromatic N) is 2. The molecule has 0 aliphatic heterocycles. The molecule has 1 heterocycles. The lowest BCUT2D eigenvalue weighted by molar-refractivity contribution is 0.0939. The molecule has 33 heavy (non-hydrogen) atoms. The van der Waals surface area contributed by atoms with Crippen LogP contribution >= 0.6 is 34.8 Å². The highest BCUT2D eigenvalue weighted by molar-refractivity contribution is 6.35. The molecule has 0 atom stereocenters. The Morgan fingerprint density at radius 2 is 1.67 bits per heavy atom. The zero-order valence-corrected chi connectivity index (χ0v) is 20.1. The minimum atomic E-state index is -0.117. The summed E-state index contributed by atoms with van der Waals surface area (Å²) in [6, 6.07) is 18.0. The van der Waals surface area contributed by atoms with E-state index in [9.17, 15) is 4.79 Å². The minimum Gasteiger partial charge on any atom is -0.489 e. The maximum atomic E-state index is 13.2. The molecule has 0 radical (unpaired) electrons. The van der Waals surface area contributed by atoms with Crippen LogP contribution in [0.15, 0.2) is 65.5 Å². The summed E-state index contributed by atoms with van der Waals surface area (Å²) in [7, 11) is 0. The number of hydrogen-bond acceptors (Lipinski definition) is 4. The van der Waals surface area contributed by atoms with Gasteiger partial charge in [0.25, 0.3) is 5.56 Å². The van der Waals surface area contributed by atoms with Crippen LogP contribution in [0.5, 0.6) is 5.75 Å². The summed E-state index contributed by atoms with van der Waals surface area (Å²) in [4.78, 5) is 17.9. The molecule has 4 aromatic rings. The Balaban J connectivity index is 1.46. The van der Waals surface area contributed by atoms with Crippen molar-refractivity contribution >= 4 is 45.7 Å². The Labute approximate surface area is 206 Å². The van der Waals surface area contributed by atoms with Crippen LogP contribution in [0.2, 0.25) is 15.1 Å². The topological polar surface area (TPSA) is 53.4 Å². The molecule has 0 unspecified atom stereocenters. The van der Waals surface area contributed by atoms with Gasteiger partial charge in [-0.1, -0.05) is 46.9 Å². The number of fused-ring (bicyclic) bond motifs is 1. The van der Waals surface area contributed by atoms with Crippen molar-refractivity contribution in [3.05, 3.63) is 91.6 Å². The molecule has 0 amide bonds. The third kappa shape index (κ3) is 5.50. The molecule has 170 valence electrons. The zero-order valence-electron chi connectivity index (χ0n) is 17.9. The van der Waals surface area contributed by atoms with Gasteiger partial charge in [0.1, 0.15) is 18.2 Å². The summed E-state index contributed by atoms with van der Waals surface area (Å²) in [5.41, 5.74) is 2.19. The van der Waals surface area contributed by atoms with E-state index < -0.39 is 0 Å². The second-order valence-corrected chi connectivity index (χ2v) is 8.69. The van der Waals surface area contributed by atoms with Gasteiger partial charge in [0.15, 0.2) is 0 Å². The van der Waals surface area contributed by atoms with Gasteiger partial charge in [-0.05, 0) is 61.0 Å². The van der Waals surface area contributed by atoms with Crippen molar-refractivity contribution in [3.8, 4) is 17.1 Å². The molecule has 8 heteroatoms. The van der Waals surface area contributed by atoms with E-state index in [4.69, 9.17) is 49.3 Å². The Hall–Kier alpha value is -2.57. The summed E-state index contributed by atoms with van der Waals surface area (Å²) < 4.78 is 13.1. The van der Waals surface area contributed by atoms with Gasteiger partial charge in [-0.15, -0.1) is 0 Å². The normalized spacial score (nSPS) is 11.2. The predicted octanol–water partition coefficient (Wildman–Crippen LogP) is 6.43. The maximum absolute atomic E-state index is 13.2. The fourth-order valence-corrected chi connectivity index (χ4v) is 4.30. The van der Waals surface area contributed by atoms with Crippen LogP contribution in [0.4, 0.5) is 0 Å². The van der Waals surface area contributed by atoms with Crippen molar-refractivity contribution in [3.63, 3.8) is 0 Å². The van der Waals surface area contributed by atoms with Crippen LogP contribution in [0.1, 0.15) is 5.56 Å². The molecule has 3 aromatic carbocycles. The molecule has 4 rings (SSSR count). The largest absolute Gasteiger partial charge is 0.489 e. The molecule has 0 fully saturated rings. The Morgan fingerprint density at radius 3 is 2.42 bits per heavy atom. The van der Waals surface area contributed by atoms with E-state index >= 15 is 0 Å². The van der Waals surface area contributed by atoms with E-state index in [0.717, 1.165) is 11.1 Å². The highest BCUT2D eigenvalue weighted by atomic mass is 35.5. The average Bonchev–Trinajstić information content (AvgIpc) is 2.79. The van der Waals surface area contributed by atoms with E-state index in [2.05, 4.69) is 0 Å². The van der Waals surface area contributed by atoms with Crippen molar-refractivity contribution in [1.82, 2.24) is 9.55 Å². The summed E-state index contributed by atoms with van der Waals surface area (Å²) >= 11 is 18.2. The number of aromatic nitrogens is 2. The van der Waals surface area contributed by atoms with Gasteiger partial charge in [0, 0.05) is 15.6 Å². The van der Waals surface area contributed by atoms with Gasteiger partial charge in [0.2, 0.25) is 0 Å². The van der Waals surface area contributed by atoms with E-state index in [-0.39, 0.29) is 5.56 Å². The second-order valence-electron chi connectivity index (χ2n) is 7.41. The van der Waals surface area contributed by atoms with Crippen LogP contribution in [-0.4, -0.2) is 29.4 Å². The molecule has 0 aliphatic carbocycles. The van der Waals surface area contributed by atoms with E-state index in [1.807, 2.05) is 37.3 Å².